The summed E-state index contributed by atoms with van der Waals surface area (Å²) < 4.78 is 7.56. The van der Waals surface area contributed by atoms with Crippen LogP contribution in [-0.4, -0.2) is 22.8 Å². The average molecular weight is 237 g/mol. The maximum Gasteiger partial charge on any atom is 0.127 e. The second kappa shape index (κ2) is 5.54. The monoisotopic (exact) mass is 237 g/mol. The van der Waals surface area contributed by atoms with Gasteiger partial charge in [0, 0.05) is 32.1 Å². The first kappa shape index (κ1) is 12.4. The van der Waals surface area contributed by atoms with Crippen LogP contribution in [0.3, 0.4) is 0 Å². The van der Waals surface area contributed by atoms with Crippen molar-refractivity contribution in [2.24, 2.45) is 0 Å². The van der Waals surface area contributed by atoms with Crippen molar-refractivity contribution in [3.05, 3.63) is 11.5 Å². The summed E-state index contributed by atoms with van der Waals surface area (Å²) in [5.74, 6) is 2.52. The molecule has 96 valence electrons. The first-order valence-electron chi connectivity index (χ1n) is 6.70. The normalized spacial score (nSPS) is 17.5. The molecule has 1 aliphatic rings. The molecule has 2 rings (SSSR count). The number of nitrogen functional groups attached to an aromatic ring is 1. The van der Waals surface area contributed by atoms with E-state index in [9.17, 15) is 0 Å². The fraction of sp³-hybridized carbons (Fsp3) is 0.769. The quantitative estimate of drug-likeness (QED) is 0.874. The van der Waals surface area contributed by atoms with Gasteiger partial charge < -0.3 is 15.0 Å². The molecule has 4 heteroatoms. The summed E-state index contributed by atoms with van der Waals surface area (Å²) in [6.07, 6.45) is 4.23. The number of rotatable bonds is 4. The fourth-order valence-electron chi connectivity index (χ4n) is 2.57. The third-order valence-electron chi connectivity index (χ3n) is 3.51. The van der Waals surface area contributed by atoms with E-state index >= 15 is 0 Å². The van der Waals surface area contributed by atoms with E-state index in [1.807, 2.05) is 0 Å². The number of nitrogens with two attached hydrogens (primary N) is 1. The molecule has 0 aromatic carbocycles. The number of nitrogens with zero attached hydrogens (tertiary/aromatic N) is 2. The maximum atomic E-state index is 6.24. The van der Waals surface area contributed by atoms with Crippen molar-refractivity contribution in [1.29, 1.82) is 0 Å². The van der Waals surface area contributed by atoms with Gasteiger partial charge in [-0.2, -0.15) is 0 Å². The van der Waals surface area contributed by atoms with Crippen molar-refractivity contribution in [2.45, 2.75) is 52.0 Å². The number of aromatic nitrogens is 2. The molecule has 1 aliphatic heterocycles. The van der Waals surface area contributed by atoms with Crippen LogP contribution in [0.5, 0.6) is 0 Å². The lowest BCUT2D eigenvalue weighted by atomic mass is 9.96. The molecule has 0 aliphatic carbocycles. The molecule has 0 saturated carbocycles. The number of ether oxygens (including phenoxy) is 1. The standard InChI is InChI=1S/C13H23N3O/c1-3-5-11-15-12(13(14)16(11)4-2)10-6-8-17-9-7-10/h10H,3-9,14H2,1-2H3. The van der Waals surface area contributed by atoms with Gasteiger partial charge in [0.25, 0.3) is 0 Å². The lowest BCUT2D eigenvalue weighted by Gasteiger charge is -2.20. The Bertz CT molecular complexity index is 367. The van der Waals surface area contributed by atoms with Gasteiger partial charge in [-0.3, -0.25) is 0 Å². The molecule has 0 radical (unpaired) electrons. The van der Waals surface area contributed by atoms with E-state index in [1.54, 1.807) is 0 Å². The predicted molar refractivity (Wildman–Crippen MR) is 69.1 cm³/mol. The first-order valence-corrected chi connectivity index (χ1v) is 6.70. The van der Waals surface area contributed by atoms with Crippen molar-refractivity contribution in [3.8, 4) is 0 Å². The highest BCUT2D eigenvalue weighted by molar-refractivity contribution is 5.41. The topological polar surface area (TPSA) is 53.1 Å². The van der Waals surface area contributed by atoms with Gasteiger partial charge in [-0.25, -0.2) is 4.98 Å². The molecule has 0 amide bonds. The molecule has 1 fully saturated rings. The van der Waals surface area contributed by atoms with Crippen LogP contribution in [0, 0.1) is 0 Å². The molecule has 0 bridgehead atoms. The van der Waals surface area contributed by atoms with Gasteiger partial charge in [-0.05, 0) is 26.2 Å². The van der Waals surface area contributed by atoms with E-state index < -0.39 is 0 Å². The Morgan fingerprint density at radius 2 is 2.06 bits per heavy atom. The van der Waals surface area contributed by atoms with Crippen LogP contribution in [0.1, 0.15) is 50.5 Å². The summed E-state index contributed by atoms with van der Waals surface area (Å²) >= 11 is 0. The summed E-state index contributed by atoms with van der Waals surface area (Å²) in [7, 11) is 0. The minimum Gasteiger partial charge on any atom is -0.384 e. The Labute approximate surface area is 103 Å². The molecule has 4 nitrogen and oxygen atoms in total. The molecule has 0 unspecified atom stereocenters. The predicted octanol–water partition coefficient (Wildman–Crippen LogP) is 2.33. The Morgan fingerprint density at radius 1 is 1.35 bits per heavy atom. The van der Waals surface area contributed by atoms with E-state index in [1.165, 1.54) is 0 Å². The molecule has 2 N–H and O–H groups in total. The molecule has 17 heavy (non-hydrogen) atoms. The van der Waals surface area contributed by atoms with Gasteiger partial charge in [0.1, 0.15) is 11.6 Å². The van der Waals surface area contributed by atoms with Crippen LogP contribution in [0.2, 0.25) is 0 Å². The summed E-state index contributed by atoms with van der Waals surface area (Å²) in [6, 6.07) is 0. The molecule has 1 aromatic rings. The number of aryl methyl sites for hydroxylation is 1. The largest absolute Gasteiger partial charge is 0.384 e. The lowest BCUT2D eigenvalue weighted by Crippen LogP contribution is -2.15. The van der Waals surface area contributed by atoms with Gasteiger partial charge in [0.15, 0.2) is 0 Å². The second-order valence-corrected chi connectivity index (χ2v) is 4.68. The van der Waals surface area contributed by atoms with Crippen LogP contribution in [0.4, 0.5) is 5.82 Å². The molecule has 1 saturated heterocycles. The fourth-order valence-corrected chi connectivity index (χ4v) is 2.57. The van der Waals surface area contributed by atoms with Crippen molar-refractivity contribution < 1.29 is 4.74 Å². The Kier molecular flexibility index (Phi) is 4.05. The molecule has 0 atom stereocenters. The maximum absolute atomic E-state index is 6.24. The zero-order valence-electron chi connectivity index (χ0n) is 10.9. The Balaban J connectivity index is 2.26. The molecular weight excluding hydrogens is 214 g/mol. The second-order valence-electron chi connectivity index (χ2n) is 4.68. The third kappa shape index (κ3) is 2.46. The third-order valence-corrected chi connectivity index (χ3v) is 3.51. The first-order chi connectivity index (χ1) is 8.27. The molecule has 2 heterocycles. The van der Waals surface area contributed by atoms with Gasteiger partial charge in [-0.1, -0.05) is 6.92 Å². The van der Waals surface area contributed by atoms with Crippen LogP contribution in [0.15, 0.2) is 0 Å². The number of imidazole rings is 1. The molecular formula is C13H23N3O. The lowest BCUT2D eigenvalue weighted by molar-refractivity contribution is 0.0847. The summed E-state index contributed by atoms with van der Waals surface area (Å²) in [4.78, 5) is 4.78. The minimum atomic E-state index is 0.493. The highest BCUT2D eigenvalue weighted by Crippen LogP contribution is 2.31. The van der Waals surface area contributed by atoms with E-state index in [-0.39, 0.29) is 0 Å². The Hall–Kier alpha value is -1.03. The number of hydrogen-bond donors (Lipinski definition) is 1. The van der Waals surface area contributed by atoms with Crippen LogP contribution < -0.4 is 5.73 Å². The average Bonchev–Trinajstić information content (AvgIpc) is 2.67. The summed E-state index contributed by atoms with van der Waals surface area (Å²) in [5, 5.41) is 0. The zero-order valence-corrected chi connectivity index (χ0v) is 10.9. The van der Waals surface area contributed by atoms with Crippen LogP contribution in [0.25, 0.3) is 0 Å². The van der Waals surface area contributed by atoms with Crippen LogP contribution >= 0.6 is 0 Å². The van der Waals surface area contributed by atoms with Crippen molar-refractivity contribution in [3.63, 3.8) is 0 Å². The van der Waals surface area contributed by atoms with Crippen molar-refractivity contribution in [2.75, 3.05) is 18.9 Å². The minimum absolute atomic E-state index is 0.493. The number of hydrogen-bond acceptors (Lipinski definition) is 3. The van der Waals surface area contributed by atoms with E-state index in [0.717, 1.165) is 62.8 Å². The van der Waals surface area contributed by atoms with Gasteiger partial charge in [-0.15, -0.1) is 0 Å². The van der Waals surface area contributed by atoms with Gasteiger partial charge >= 0.3 is 0 Å². The zero-order chi connectivity index (χ0) is 12.3. The van der Waals surface area contributed by atoms with E-state index in [4.69, 9.17) is 15.5 Å². The molecule has 0 spiro atoms. The van der Waals surface area contributed by atoms with Gasteiger partial charge in [0.2, 0.25) is 0 Å². The van der Waals surface area contributed by atoms with E-state index in [2.05, 4.69) is 18.4 Å². The highest BCUT2D eigenvalue weighted by Gasteiger charge is 2.23. The highest BCUT2D eigenvalue weighted by atomic mass is 16.5. The number of anilines is 1. The summed E-state index contributed by atoms with van der Waals surface area (Å²) in [5.41, 5.74) is 7.35. The summed E-state index contributed by atoms with van der Waals surface area (Å²) in [6.45, 7) is 6.90. The Morgan fingerprint density at radius 3 is 2.65 bits per heavy atom. The van der Waals surface area contributed by atoms with Crippen molar-refractivity contribution in [1.82, 2.24) is 9.55 Å². The van der Waals surface area contributed by atoms with Crippen LogP contribution in [-0.2, 0) is 17.7 Å². The molecule has 1 aromatic heterocycles. The van der Waals surface area contributed by atoms with Gasteiger partial charge in [0.05, 0.1) is 5.69 Å². The van der Waals surface area contributed by atoms with Crippen molar-refractivity contribution >= 4 is 5.82 Å². The van der Waals surface area contributed by atoms with E-state index in [0.29, 0.717) is 5.92 Å². The smallest absolute Gasteiger partial charge is 0.127 e. The SMILES string of the molecule is CCCc1nc(C2CCOCC2)c(N)n1CC.